The Balaban J connectivity index is 1.81. The van der Waals surface area contributed by atoms with Crippen LogP contribution in [-0.2, 0) is 6.42 Å². The maximum atomic E-state index is 12.4. The lowest BCUT2D eigenvalue weighted by Gasteiger charge is -2.24. The molecule has 1 aromatic heterocycles. The molecule has 20 heavy (non-hydrogen) atoms. The van der Waals surface area contributed by atoms with E-state index in [9.17, 15) is 4.79 Å². The number of carbonyl (C=O) groups excluding carboxylic acids is 1. The van der Waals surface area contributed by atoms with Gasteiger partial charge in [0, 0.05) is 12.1 Å². The summed E-state index contributed by atoms with van der Waals surface area (Å²) in [6, 6.07) is 14.2. The maximum absolute atomic E-state index is 12.4. The number of hydrogen-bond donors (Lipinski definition) is 0. The summed E-state index contributed by atoms with van der Waals surface area (Å²) >= 11 is 0. The van der Waals surface area contributed by atoms with E-state index in [4.69, 9.17) is 0 Å². The summed E-state index contributed by atoms with van der Waals surface area (Å²) in [4.78, 5) is 16.8. The van der Waals surface area contributed by atoms with Gasteiger partial charge in [-0.05, 0) is 55.4 Å². The minimum absolute atomic E-state index is 0.162. The van der Waals surface area contributed by atoms with Crippen molar-refractivity contribution in [3.63, 3.8) is 0 Å². The Morgan fingerprint density at radius 3 is 2.90 bits per heavy atom. The van der Waals surface area contributed by atoms with Crippen LogP contribution in [0.2, 0.25) is 0 Å². The van der Waals surface area contributed by atoms with Crippen molar-refractivity contribution >= 4 is 5.78 Å². The van der Waals surface area contributed by atoms with Gasteiger partial charge in [-0.25, -0.2) is 0 Å². The third-order valence-electron chi connectivity index (χ3n) is 4.10. The molecular weight excluding hydrogens is 246 g/mol. The second kappa shape index (κ2) is 5.58. The topological polar surface area (TPSA) is 30.0 Å². The molecule has 1 aromatic carbocycles. The van der Waals surface area contributed by atoms with Gasteiger partial charge in [0.25, 0.3) is 0 Å². The Hall–Kier alpha value is -1.96. The van der Waals surface area contributed by atoms with Gasteiger partial charge in [-0.3, -0.25) is 9.78 Å². The van der Waals surface area contributed by atoms with E-state index in [1.807, 2.05) is 25.1 Å². The molecule has 0 spiro atoms. The summed E-state index contributed by atoms with van der Waals surface area (Å²) in [7, 11) is 0. The highest BCUT2D eigenvalue weighted by Crippen LogP contribution is 2.34. The number of hydrogen-bond acceptors (Lipinski definition) is 2. The highest BCUT2D eigenvalue weighted by molar-refractivity contribution is 5.94. The van der Waals surface area contributed by atoms with Crippen LogP contribution < -0.4 is 0 Å². The van der Waals surface area contributed by atoms with E-state index in [0.717, 1.165) is 18.5 Å². The van der Waals surface area contributed by atoms with Gasteiger partial charge < -0.3 is 0 Å². The molecule has 1 unspecified atom stereocenters. The van der Waals surface area contributed by atoms with Crippen LogP contribution >= 0.6 is 0 Å². The van der Waals surface area contributed by atoms with Crippen molar-refractivity contribution < 1.29 is 4.79 Å². The van der Waals surface area contributed by atoms with Crippen LogP contribution in [0.4, 0.5) is 0 Å². The second-order valence-electron chi connectivity index (χ2n) is 5.58. The zero-order valence-corrected chi connectivity index (χ0v) is 11.8. The number of aromatic nitrogens is 1. The molecule has 0 saturated heterocycles. The number of carbonyl (C=O) groups is 1. The molecule has 2 aromatic rings. The van der Waals surface area contributed by atoms with E-state index in [1.54, 1.807) is 0 Å². The van der Waals surface area contributed by atoms with Gasteiger partial charge in [0.1, 0.15) is 5.69 Å². The van der Waals surface area contributed by atoms with Crippen molar-refractivity contribution in [2.24, 2.45) is 0 Å². The molecule has 0 N–H and O–H groups in total. The molecule has 0 saturated carbocycles. The molecule has 3 rings (SSSR count). The molecular formula is C18H19NO. The van der Waals surface area contributed by atoms with Crippen molar-refractivity contribution in [1.29, 1.82) is 0 Å². The highest BCUT2D eigenvalue weighted by atomic mass is 16.1. The number of aryl methyl sites for hydroxylation is 2. The molecule has 2 nitrogen and oxygen atoms in total. The van der Waals surface area contributed by atoms with Gasteiger partial charge in [0.15, 0.2) is 5.78 Å². The molecule has 0 fully saturated rings. The van der Waals surface area contributed by atoms with Crippen molar-refractivity contribution in [2.75, 3.05) is 0 Å². The molecule has 0 aliphatic heterocycles. The first-order chi connectivity index (χ1) is 9.74. The predicted octanol–water partition coefficient (Wildman–Crippen LogP) is 4.08. The quantitative estimate of drug-likeness (QED) is 0.783. The normalized spacial score (nSPS) is 17.6. The first-order valence-corrected chi connectivity index (χ1v) is 7.28. The molecule has 1 atom stereocenters. The van der Waals surface area contributed by atoms with E-state index in [0.29, 0.717) is 18.0 Å². The van der Waals surface area contributed by atoms with Gasteiger partial charge in [0.05, 0.1) is 0 Å². The van der Waals surface area contributed by atoms with Gasteiger partial charge in [-0.2, -0.15) is 0 Å². The van der Waals surface area contributed by atoms with E-state index in [1.165, 1.54) is 17.5 Å². The number of nitrogens with zero attached hydrogens (tertiary/aromatic N) is 1. The Morgan fingerprint density at radius 1 is 1.20 bits per heavy atom. The van der Waals surface area contributed by atoms with Crippen molar-refractivity contribution in [2.45, 2.75) is 38.5 Å². The number of rotatable bonds is 3. The van der Waals surface area contributed by atoms with E-state index in [-0.39, 0.29) is 5.78 Å². The van der Waals surface area contributed by atoms with Crippen molar-refractivity contribution in [3.8, 4) is 0 Å². The summed E-state index contributed by atoms with van der Waals surface area (Å²) in [5, 5.41) is 0. The first kappa shape index (κ1) is 13.0. The third kappa shape index (κ3) is 2.64. The molecule has 1 aliphatic rings. The van der Waals surface area contributed by atoms with E-state index < -0.39 is 0 Å². The maximum Gasteiger partial charge on any atom is 0.181 e. The lowest BCUT2D eigenvalue weighted by molar-refractivity contribution is 0.0966. The fraction of sp³-hybridized carbons (Fsp3) is 0.333. The van der Waals surface area contributed by atoms with Gasteiger partial charge in [-0.15, -0.1) is 0 Å². The number of benzene rings is 1. The summed E-state index contributed by atoms with van der Waals surface area (Å²) in [5.74, 6) is 0.519. The highest BCUT2D eigenvalue weighted by Gasteiger charge is 2.23. The standard InChI is InChI=1S/C18H19NO/c1-13-6-4-11-17(19-13)18(20)12-15-9-5-8-14-7-2-3-10-16(14)15/h2-4,6-7,10-11,15H,5,8-9,12H2,1H3. The first-order valence-electron chi connectivity index (χ1n) is 7.28. The van der Waals surface area contributed by atoms with Crippen LogP contribution in [0.15, 0.2) is 42.5 Å². The number of fused-ring (bicyclic) bond motifs is 1. The average molecular weight is 265 g/mol. The molecule has 0 amide bonds. The van der Waals surface area contributed by atoms with Crippen LogP contribution in [0, 0.1) is 6.92 Å². The van der Waals surface area contributed by atoms with Gasteiger partial charge in [-0.1, -0.05) is 30.3 Å². The lowest BCUT2D eigenvalue weighted by atomic mass is 9.80. The summed E-state index contributed by atoms with van der Waals surface area (Å²) in [6.45, 7) is 1.92. The second-order valence-corrected chi connectivity index (χ2v) is 5.58. The van der Waals surface area contributed by atoms with Crippen LogP contribution in [0.1, 0.15) is 52.5 Å². The van der Waals surface area contributed by atoms with Crippen molar-refractivity contribution in [3.05, 3.63) is 65.0 Å². The zero-order chi connectivity index (χ0) is 13.9. The Bertz CT molecular complexity index is 633. The van der Waals surface area contributed by atoms with Gasteiger partial charge >= 0.3 is 0 Å². The van der Waals surface area contributed by atoms with E-state index in [2.05, 4.69) is 29.2 Å². The van der Waals surface area contributed by atoms with Crippen LogP contribution in [-0.4, -0.2) is 10.8 Å². The average Bonchev–Trinajstić information content (AvgIpc) is 2.47. The minimum Gasteiger partial charge on any atom is -0.292 e. The Kier molecular flexibility index (Phi) is 3.64. The van der Waals surface area contributed by atoms with Gasteiger partial charge in [0.2, 0.25) is 0 Å². The number of Topliss-reactive ketones (excluding diaryl/α,β-unsaturated/α-hetero) is 1. The summed E-state index contributed by atoms with van der Waals surface area (Å²) in [5.41, 5.74) is 4.28. The Labute approximate surface area is 119 Å². The smallest absolute Gasteiger partial charge is 0.181 e. The third-order valence-corrected chi connectivity index (χ3v) is 4.10. The fourth-order valence-electron chi connectivity index (χ4n) is 3.09. The molecule has 1 heterocycles. The van der Waals surface area contributed by atoms with Crippen LogP contribution in [0.3, 0.4) is 0 Å². The number of pyridine rings is 1. The van der Waals surface area contributed by atoms with Crippen LogP contribution in [0.5, 0.6) is 0 Å². The minimum atomic E-state index is 0.162. The molecule has 0 bridgehead atoms. The van der Waals surface area contributed by atoms with Crippen molar-refractivity contribution in [1.82, 2.24) is 4.98 Å². The predicted molar refractivity (Wildman–Crippen MR) is 80.0 cm³/mol. The fourth-order valence-corrected chi connectivity index (χ4v) is 3.09. The SMILES string of the molecule is Cc1cccc(C(=O)CC2CCCc3ccccc32)n1. The largest absolute Gasteiger partial charge is 0.292 e. The summed E-state index contributed by atoms with van der Waals surface area (Å²) < 4.78 is 0. The molecule has 0 radical (unpaired) electrons. The number of ketones is 1. The molecule has 1 aliphatic carbocycles. The van der Waals surface area contributed by atoms with Crippen LogP contribution in [0.25, 0.3) is 0 Å². The Morgan fingerprint density at radius 2 is 2.05 bits per heavy atom. The zero-order valence-electron chi connectivity index (χ0n) is 11.8. The lowest BCUT2D eigenvalue weighted by Crippen LogP contribution is -2.14. The summed E-state index contributed by atoms with van der Waals surface area (Å²) in [6.07, 6.45) is 4.00. The monoisotopic (exact) mass is 265 g/mol. The molecule has 2 heteroatoms. The molecule has 102 valence electrons. The van der Waals surface area contributed by atoms with E-state index >= 15 is 0 Å².